The number of ether oxygens (including phenoxy) is 2. The lowest BCUT2D eigenvalue weighted by atomic mass is 10.1. The number of alkyl halides is 3. The van der Waals surface area contributed by atoms with Gasteiger partial charge in [0.2, 0.25) is 0 Å². The molecule has 0 fully saturated rings. The molecule has 0 spiro atoms. The van der Waals surface area contributed by atoms with Gasteiger partial charge in [-0.1, -0.05) is 28.1 Å². The minimum atomic E-state index is -4.65. The Balaban J connectivity index is 2.40. The van der Waals surface area contributed by atoms with Gasteiger partial charge < -0.3 is 14.8 Å². The van der Waals surface area contributed by atoms with E-state index in [-0.39, 0.29) is 5.57 Å². The van der Waals surface area contributed by atoms with Gasteiger partial charge >= 0.3 is 6.18 Å². The Morgan fingerprint density at radius 1 is 1.18 bits per heavy atom. The van der Waals surface area contributed by atoms with Crippen molar-refractivity contribution in [1.82, 2.24) is 0 Å². The van der Waals surface area contributed by atoms with Crippen LogP contribution in [0.1, 0.15) is 11.1 Å². The predicted molar refractivity (Wildman–Crippen MR) is 101 cm³/mol. The fourth-order valence-electron chi connectivity index (χ4n) is 2.31. The lowest BCUT2D eigenvalue weighted by Crippen LogP contribution is -2.17. The van der Waals surface area contributed by atoms with Gasteiger partial charge in [0.05, 0.1) is 25.5 Å². The minimum absolute atomic E-state index is 0.358. The summed E-state index contributed by atoms with van der Waals surface area (Å²) in [7, 11) is 2.87. The highest BCUT2D eigenvalue weighted by molar-refractivity contribution is 9.10. The van der Waals surface area contributed by atoms with Gasteiger partial charge in [-0.25, -0.2) is 0 Å². The SMILES string of the molecule is COc1cc(Br)c(/C=C(\C#N)C(=O)Nc2ccccc2C(F)(F)F)cc1OC. The highest BCUT2D eigenvalue weighted by Gasteiger charge is 2.33. The Kier molecular flexibility index (Phi) is 6.70. The molecule has 0 aromatic heterocycles. The monoisotopic (exact) mass is 454 g/mol. The maximum absolute atomic E-state index is 13.1. The first-order valence-electron chi connectivity index (χ1n) is 7.72. The summed E-state index contributed by atoms with van der Waals surface area (Å²) >= 11 is 3.29. The number of nitrogens with zero attached hydrogens (tertiary/aromatic N) is 1. The summed E-state index contributed by atoms with van der Waals surface area (Å²) in [5.41, 5.74) is -1.42. The standard InChI is InChI=1S/C19H14BrF3N2O3/c1-27-16-8-11(14(20)9-17(16)28-2)7-12(10-24)18(26)25-15-6-4-3-5-13(15)19(21,22)23/h3-9H,1-2H3,(H,25,26)/b12-7+. The molecule has 2 aromatic rings. The average Bonchev–Trinajstić information content (AvgIpc) is 2.66. The van der Waals surface area contributed by atoms with Crippen molar-refractivity contribution in [2.45, 2.75) is 6.18 Å². The summed E-state index contributed by atoms with van der Waals surface area (Å²) in [5, 5.41) is 11.4. The van der Waals surface area contributed by atoms with Gasteiger partial charge in [-0.3, -0.25) is 4.79 Å². The molecule has 146 valence electrons. The van der Waals surface area contributed by atoms with Crippen molar-refractivity contribution in [3.05, 3.63) is 57.6 Å². The molecular weight excluding hydrogens is 441 g/mol. The summed E-state index contributed by atoms with van der Waals surface area (Å²) in [5.74, 6) is -0.188. The quantitative estimate of drug-likeness (QED) is 0.507. The third-order valence-electron chi connectivity index (χ3n) is 3.65. The van der Waals surface area contributed by atoms with E-state index in [2.05, 4.69) is 21.2 Å². The Morgan fingerprint density at radius 2 is 1.79 bits per heavy atom. The molecule has 2 aromatic carbocycles. The highest BCUT2D eigenvalue weighted by atomic mass is 79.9. The lowest BCUT2D eigenvalue weighted by molar-refractivity contribution is -0.137. The number of rotatable bonds is 5. The molecular formula is C19H14BrF3N2O3. The summed E-state index contributed by atoms with van der Waals surface area (Å²) < 4.78 is 50.0. The zero-order valence-corrected chi connectivity index (χ0v) is 16.3. The van der Waals surface area contributed by atoms with Crippen LogP contribution in [0.4, 0.5) is 18.9 Å². The van der Waals surface area contributed by atoms with Crippen LogP contribution in [0.2, 0.25) is 0 Å². The molecule has 0 unspecified atom stereocenters. The lowest BCUT2D eigenvalue weighted by Gasteiger charge is -2.13. The highest BCUT2D eigenvalue weighted by Crippen LogP contribution is 2.36. The number of para-hydroxylation sites is 1. The maximum Gasteiger partial charge on any atom is 0.418 e. The fraction of sp³-hybridized carbons (Fsp3) is 0.158. The second kappa shape index (κ2) is 8.80. The first-order chi connectivity index (χ1) is 13.2. The largest absolute Gasteiger partial charge is 0.493 e. The number of nitriles is 1. The van der Waals surface area contributed by atoms with E-state index in [0.717, 1.165) is 12.1 Å². The first-order valence-corrected chi connectivity index (χ1v) is 8.51. The van der Waals surface area contributed by atoms with Gasteiger partial charge in [0.15, 0.2) is 11.5 Å². The van der Waals surface area contributed by atoms with Gasteiger partial charge in [0, 0.05) is 4.47 Å². The van der Waals surface area contributed by atoms with E-state index < -0.39 is 23.3 Å². The van der Waals surface area contributed by atoms with Crippen molar-refractivity contribution in [2.75, 3.05) is 19.5 Å². The number of anilines is 1. The number of benzene rings is 2. The Bertz CT molecular complexity index is 966. The summed E-state index contributed by atoms with van der Waals surface area (Å²) in [6, 6.07) is 9.32. The molecule has 0 saturated heterocycles. The van der Waals surface area contributed by atoms with Gasteiger partial charge in [-0.05, 0) is 35.9 Å². The molecule has 0 radical (unpaired) electrons. The molecule has 0 aliphatic heterocycles. The van der Waals surface area contributed by atoms with Crippen molar-refractivity contribution < 1.29 is 27.4 Å². The molecule has 0 heterocycles. The Labute approximate surface area is 167 Å². The molecule has 0 aliphatic rings. The van der Waals surface area contributed by atoms with Crippen LogP contribution in [0, 0.1) is 11.3 Å². The van der Waals surface area contributed by atoms with Crippen LogP contribution in [0.3, 0.4) is 0 Å². The third-order valence-corrected chi connectivity index (χ3v) is 4.34. The number of hydrogen-bond acceptors (Lipinski definition) is 4. The van der Waals surface area contributed by atoms with E-state index in [1.807, 2.05) is 0 Å². The van der Waals surface area contributed by atoms with Crippen LogP contribution in [0.25, 0.3) is 6.08 Å². The molecule has 0 bridgehead atoms. The van der Waals surface area contributed by atoms with Crippen LogP contribution >= 0.6 is 15.9 Å². The minimum Gasteiger partial charge on any atom is -0.493 e. The fourth-order valence-corrected chi connectivity index (χ4v) is 2.75. The number of carbonyl (C=O) groups is 1. The van der Waals surface area contributed by atoms with Crippen molar-refractivity contribution in [2.24, 2.45) is 0 Å². The molecule has 2 rings (SSSR count). The van der Waals surface area contributed by atoms with Crippen molar-refractivity contribution >= 4 is 33.6 Å². The van der Waals surface area contributed by atoms with E-state index in [4.69, 9.17) is 9.47 Å². The first kappa shape index (κ1) is 21.3. The maximum atomic E-state index is 13.1. The number of amides is 1. The summed E-state index contributed by atoms with van der Waals surface area (Å²) in [6.07, 6.45) is -3.41. The molecule has 5 nitrogen and oxygen atoms in total. The topological polar surface area (TPSA) is 71.3 Å². The molecule has 0 saturated carbocycles. The van der Waals surface area contributed by atoms with Crippen LogP contribution < -0.4 is 14.8 Å². The zero-order chi connectivity index (χ0) is 20.9. The molecule has 0 atom stereocenters. The molecule has 1 N–H and O–H groups in total. The Hall–Kier alpha value is -2.99. The van der Waals surface area contributed by atoms with Crippen molar-refractivity contribution in [1.29, 1.82) is 5.26 Å². The number of methoxy groups -OCH3 is 2. The second-order valence-corrected chi connectivity index (χ2v) is 6.25. The predicted octanol–water partition coefficient (Wildman–Crippen LogP) is 5.03. The van der Waals surface area contributed by atoms with Crippen molar-refractivity contribution in [3.63, 3.8) is 0 Å². The normalized spacial score (nSPS) is 11.5. The molecule has 9 heteroatoms. The van der Waals surface area contributed by atoms with Crippen LogP contribution in [0.15, 0.2) is 46.4 Å². The van der Waals surface area contributed by atoms with Crippen LogP contribution in [0.5, 0.6) is 11.5 Å². The summed E-state index contributed by atoms with van der Waals surface area (Å²) in [4.78, 5) is 12.4. The molecule has 0 aliphatic carbocycles. The van der Waals surface area contributed by atoms with E-state index >= 15 is 0 Å². The molecule has 1 amide bonds. The molecule has 28 heavy (non-hydrogen) atoms. The van der Waals surface area contributed by atoms with Gasteiger partial charge in [0.25, 0.3) is 5.91 Å². The third kappa shape index (κ3) is 4.84. The van der Waals surface area contributed by atoms with E-state index in [9.17, 15) is 23.2 Å². The summed E-state index contributed by atoms with van der Waals surface area (Å²) in [6.45, 7) is 0. The van der Waals surface area contributed by atoms with Gasteiger partial charge in [0.1, 0.15) is 11.6 Å². The van der Waals surface area contributed by atoms with E-state index in [1.165, 1.54) is 38.5 Å². The van der Waals surface area contributed by atoms with Crippen LogP contribution in [-0.4, -0.2) is 20.1 Å². The van der Waals surface area contributed by atoms with E-state index in [1.54, 1.807) is 12.1 Å². The Morgan fingerprint density at radius 3 is 2.36 bits per heavy atom. The zero-order valence-electron chi connectivity index (χ0n) is 14.7. The average molecular weight is 455 g/mol. The van der Waals surface area contributed by atoms with Crippen LogP contribution in [-0.2, 0) is 11.0 Å². The van der Waals surface area contributed by atoms with Gasteiger partial charge in [-0.15, -0.1) is 0 Å². The number of nitrogens with one attached hydrogen (secondary N) is 1. The van der Waals surface area contributed by atoms with Gasteiger partial charge in [-0.2, -0.15) is 18.4 Å². The number of halogens is 4. The second-order valence-electron chi connectivity index (χ2n) is 5.40. The number of carbonyl (C=O) groups excluding carboxylic acids is 1. The van der Waals surface area contributed by atoms with Crippen molar-refractivity contribution in [3.8, 4) is 17.6 Å². The number of hydrogen-bond donors (Lipinski definition) is 1. The van der Waals surface area contributed by atoms with E-state index in [0.29, 0.717) is 21.5 Å². The smallest absolute Gasteiger partial charge is 0.418 e.